The van der Waals surface area contributed by atoms with Gasteiger partial charge in [-0.3, -0.25) is 4.99 Å². The lowest BCUT2D eigenvalue weighted by Crippen LogP contribution is -2.38. The first kappa shape index (κ1) is 20.6. The standard InChI is InChI=1S/C18H25N5O3S/c1-6-26-17(24)14-11(2)22-16(27-14)12(3)23-18(19-4)21-10-13-8-7-9-20-15(13)25-5/h7-9,12H,6,10H2,1-5H3,(H2,19,21,23). The van der Waals surface area contributed by atoms with E-state index >= 15 is 0 Å². The Morgan fingerprint density at radius 1 is 1.44 bits per heavy atom. The van der Waals surface area contributed by atoms with Gasteiger partial charge in [-0.1, -0.05) is 6.07 Å². The normalized spacial score (nSPS) is 12.4. The van der Waals surface area contributed by atoms with Crippen LogP contribution < -0.4 is 15.4 Å². The van der Waals surface area contributed by atoms with E-state index in [1.807, 2.05) is 19.1 Å². The minimum Gasteiger partial charge on any atom is -0.481 e. The van der Waals surface area contributed by atoms with Crippen molar-refractivity contribution >= 4 is 23.3 Å². The van der Waals surface area contributed by atoms with E-state index < -0.39 is 0 Å². The minimum atomic E-state index is -0.336. The molecule has 0 amide bonds. The fourth-order valence-electron chi connectivity index (χ4n) is 2.37. The molecule has 0 saturated heterocycles. The monoisotopic (exact) mass is 391 g/mol. The van der Waals surface area contributed by atoms with Crippen molar-refractivity contribution in [2.24, 2.45) is 4.99 Å². The molecule has 8 nitrogen and oxygen atoms in total. The van der Waals surface area contributed by atoms with Crippen LogP contribution in [-0.4, -0.2) is 42.7 Å². The zero-order chi connectivity index (χ0) is 19.8. The summed E-state index contributed by atoms with van der Waals surface area (Å²) >= 11 is 1.33. The van der Waals surface area contributed by atoms with Crippen molar-refractivity contribution in [1.82, 2.24) is 20.6 Å². The molecule has 0 saturated carbocycles. The van der Waals surface area contributed by atoms with Gasteiger partial charge in [0.2, 0.25) is 5.88 Å². The zero-order valence-corrected chi connectivity index (χ0v) is 17.0. The molecule has 2 aromatic rings. The van der Waals surface area contributed by atoms with Crippen molar-refractivity contribution in [1.29, 1.82) is 0 Å². The molecule has 0 radical (unpaired) electrons. The first-order valence-electron chi connectivity index (χ1n) is 8.59. The Kier molecular flexibility index (Phi) is 7.54. The van der Waals surface area contributed by atoms with E-state index in [4.69, 9.17) is 9.47 Å². The number of thiazole rings is 1. The predicted octanol–water partition coefficient (Wildman–Crippen LogP) is 2.46. The van der Waals surface area contributed by atoms with Gasteiger partial charge >= 0.3 is 5.97 Å². The van der Waals surface area contributed by atoms with E-state index in [0.717, 1.165) is 10.6 Å². The Labute approximate surface area is 163 Å². The number of nitrogens with one attached hydrogen (secondary N) is 2. The lowest BCUT2D eigenvalue weighted by molar-refractivity contribution is 0.0531. The largest absolute Gasteiger partial charge is 0.481 e. The number of ether oxygens (including phenoxy) is 2. The maximum absolute atomic E-state index is 12.0. The topological polar surface area (TPSA) is 97.7 Å². The van der Waals surface area contributed by atoms with Gasteiger partial charge in [-0.2, -0.15) is 0 Å². The Hall–Kier alpha value is -2.68. The second-order valence-corrected chi connectivity index (χ2v) is 6.68. The third-order valence-corrected chi connectivity index (χ3v) is 5.03. The highest BCUT2D eigenvalue weighted by Crippen LogP contribution is 2.24. The zero-order valence-electron chi connectivity index (χ0n) is 16.2. The molecule has 2 heterocycles. The number of rotatable bonds is 7. The molecule has 0 aliphatic rings. The number of guanidine groups is 1. The smallest absolute Gasteiger partial charge is 0.350 e. The van der Waals surface area contributed by atoms with Crippen LogP contribution in [0.4, 0.5) is 0 Å². The molecule has 2 rings (SSSR count). The van der Waals surface area contributed by atoms with Crippen LogP contribution in [0.25, 0.3) is 0 Å². The Morgan fingerprint density at radius 2 is 2.22 bits per heavy atom. The third-order valence-electron chi connectivity index (χ3n) is 3.71. The number of hydrogen-bond donors (Lipinski definition) is 2. The van der Waals surface area contributed by atoms with E-state index in [1.54, 1.807) is 34.2 Å². The number of pyridine rings is 1. The number of esters is 1. The van der Waals surface area contributed by atoms with E-state index in [2.05, 4.69) is 25.6 Å². The molecule has 0 bridgehead atoms. The summed E-state index contributed by atoms with van der Waals surface area (Å²) in [5.74, 6) is 0.846. The number of aromatic nitrogens is 2. The molecule has 0 spiro atoms. The fourth-order valence-corrected chi connectivity index (χ4v) is 3.33. The van der Waals surface area contributed by atoms with Crippen molar-refractivity contribution in [3.05, 3.63) is 39.5 Å². The quantitative estimate of drug-likeness (QED) is 0.425. The maximum atomic E-state index is 12.0. The molecule has 146 valence electrons. The molecule has 2 N–H and O–H groups in total. The molecule has 1 unspecified atom stereocenters. The summed E-state index contributed by atoms with van der Waals surface area (Å²) in [4.78, 5) is 25.4. The SMILES string of the molecule is CCOC(=O)c1sc(C(C)NC(=NC)NCc2cccnc2OC)nc1C. The number of aryl methyl sites for hydroxylation is 1. The maximum Gasteiger partial charge on any atom is 0.350 e. The Bertz CT molecular complexity index is 806. The van der Waals surface area contributed by atoms with Crippen molar-refractivity contribution in [2.45, 2.75) is 33.4 Å². The first-order chi connectivity index (χ1) is 13.0. The van der Waals surface area contributed by atoms with Gasteiger partial charge in [0, 0.05) is 25.4 Å². The number of methoxy groups -OCH3 is 1. The van der Waals surface area contributed by atoms with Gasteiger partial charge in [0.25, 0.3) is 0 Å². The summed E-state index contributed by atoms with van der Waals surface area (Å²) in [6, 6.07) is 3.66. The van der Waals surface area contributed by atoms with Crippen molar-refractivity contribution in [2.75, 3.05) is 20.8 Å². The van der Waals surface area contributed by atoms with E-state index in [9.17, 15) is 4.79 Å². The number of carbonyl (C=O) groups is 1. The summed E-state index contributed by atoms with van der Waals surface area (Å²) < 4.78 is 10.3. The molecule has 2 aromatic heterocycles. The summed E-state index contributed by atoms with van der Waals surface area (Å²) in [6.45, 7) is 6.40. The molecular weight excluding hydrogens is 366 g/mol. The predicted molar refractivity (Wildman–Crippen MR) is 105 cm³/mol. The average molecular weight is 391 g/mol. The van der Waals surface area contributed by atoms with Gasteiger partial charge < -0.3 is 20.1 Å². The molecule has 0 aromatic carbocycles. The average Bonchev–Trinajstić information content (AvgIpc) is 3.07. The summed E-state index contributed by atoms with van der Waals surface area (Å²) in [6.07, 6.45) is 1.68. The first-order valence-corrected chi connectivity index (χ1v) is 9.41. The molecule has 1 atom stereocenters. The van der Waals surface area contributed by atoms with Crippen molar-refractivity contribution in [3.8, 4) is 5.88 Å². The van der Waals surface area contributed by atoms with E-state index in [-0.39, 0.29) is 12.0 Å². The van der Waals surface area contributed by atoms with Crippen molar-refractivity contribution < 1.29 is 14.3 Å². The third kappa shape index (κ3) is 5.40. The van der Waals surface area contributed by atoms with Crippen LogP contribution in [0.1, 0.15) is 45.8 Å². The van der Waals surface area contributed by atoms with E-state index in [1.165, 1.54) is 11.3 Å². The highest BCUT2D eigenvalue weighted by molar-refractivity contribution is 7.13. The van der Waals surface area contributed by atoms with Gasteiger partial charge in [0.05, 0.1) is 25.5 Å². The van der Waals surface area contributed by atoms with Crippen LogP contribution in [0.2, 0.25) is 0 Å². The Balaban J connectivity index is 2.02. The van der Waals surface area contributed by atoms with Crippen LogP contribution in [0.5, 0.6) is 5.88 Å². The number of aliphatic imine (C=N–C) groups is 1. The van der Waals surface area contributed by atoms with Crippen LogP contribution in [-0.2, 0) is 11.3 Å². The second kappa shape index (κ2) is 9.86. The molecular formula is C18H25N5O3S. The van der Waals surface area contributed by atoms with Gasteiger partial charge in [0.15, 0.2) is 5.96 Å². The van der Waals surface area contributed by atoms with Crippen LogP contribution in [0, 0.1) is 6.92 Å². The van der Waals surface area contributed by atoms with Crippen LogP contribution >= 0.6 is 11.3 Å². The van der Waals surface area contributed by atoms with Gasteiger partial charge in [-0.25, -0.2) is 14.8 Å². The van der Waals surface area contributed by atoms with Crippen LogP contribution in [0.3, 0.4) is 0 Å². The number of carbonyl (C=O) groups excluding carboxylic acids is 1. The van der Waals surface area contributed by atoms with Gasteiger partial charge in [0.1, 0.15) is 9.88 Å². The van der Waals surface area contributed by atoms with Gasteiger partial charge in [-0.15, -0.1) is 11.3 Å². The highest BCUT2D eigenvalue weighted by atomic mass is 32.1. The lowest BCUT2D eigenvalue weighted by Gasteiger charge is -2.16. The summed E-state index contributed by atoms with van der Waals surface area (Å²) in [5, 5.41) is 7.29. The minimum absolute atomic E-state index is 0.126. The van der Waals surface area contributed by atoms with Gasteiger partial charge in [-0.05, 0) is 26.8 Å². The molecule has 0 fully saturated rings. The molecule has 9 heteroatoms. The number of nitrogens with zero attached hydrogens (tertiary/aromatic N) is 3. The summed E-state index contributed by atoms with van der Waals surface area (Å²) in [7, 11) is 3.28. The van der Waals surface area contributed by atoms with Crippen LogP contribution in [0.15, 0.2) is 23.3 Å². The second-order valence-electron chi connectivity index (χ2n) is 5.65. The summed E-state index contributed by atoms with van der Waals surface area (Å²) in [5.41, 5.74) is 1.59. The number of hydrogen-bond acceptors (Lipinski definition) is 7. The molecule has 27 heavy (non-hydrogen) atoms. The fraction of sp³-hybridized carbons (Fsp3) is 0.444. The highest BCUT2D eigenvalue weighted by Gasteiger charge is 2.20. The molecule has 0 aliphatic carbocycles. The molecule has 0 aliphatic heterocycles. The van der Waals surface area contributed by atoms with E-state index in [0.29, 0.717) is 35.6 Å². The Morgan fingerprint density at radius 3 is 2.89 bits per heavy atom. The lowest BCUT2D eigenvalue weighted by atomic mass is 10.2. The van der Waals surface area contributed by atoms with Crippen molar-refractivity contribution in [3.63, 3.8) is 0 Å².